The summed E-state index contributed by atoms with van der Waals surface area (Å²) in [7, 11) is 0. The lowest BCUT2D eigenvalue weighted by atomic mass is 10.0. The predicted octanol–water partition coefficient (Wildman–Crippen LogP) is 3.81. The van der Waals surface area contributed by atoms with Gasteiger partial charge in [0.1, 0.15) is 23.7 Å². The average molecular weight is 421 g/mol. The normalized spacial score (nSPS) is 18.7. The molecule has 1 atom stereocenters. The maximum absolute atomic E-state index is 14.1. The Morgan fingerprint density at radius 1 is 1.45 bits per heavy atom. The SMILES string of the molecule is Cc1ncc(COc2ccc3oc(C)c(C(=O)NC4CCNCC4(F)F)c3c2)s1. The third kappa shape index (κ3) is 4.11. The molecule has 3 heterocycles. The van der Waals surface area contributed by atoms with Crippen LogP contribution in [0.1, 0.15) is 32.4 Å². The van der Waals surface area contributed by atoms with Crippen molar-refractivity contribution in [2.75, 3.05) is 13.1 Å². The number of carbonyl (C=O) groups is 1. The van der Waals surface area contributed by atoms with Gasteiger partial charge in [-0.2, -0.15) is 0 Å². The van der Waals surface area contributed by atoms with Gasteiger partial charge in [-0.15, -0.1) is 11.3 Å². The number of nitrogens with one attached hydrogen (secondary N) is 2. The molecule has 29 heavy (non-hydrogen) atoms. The predicted molar refractivity (Wildman–Crippen MR) is 106 cm³/mol. The first-order valence-electron chi connectivity index (χ1n) is 9.30. The third-order valence-corrected chi connectivity index (χ3v) is 5.78. The second-order valence-corrected chi connectivity index (χ2v) is 8.40. The van der Waals surface area contributed by atoms with Crippen molar-refractivity contribution in [1.29, 1.82) is 0 Å². The molecule has 1 aromatic carbocycles. The maximum Gasteiger partial charge on any atom is 0.280 e. The first-order chi connectivity index (χ1) is 13.8. The highest BCUT2D eigenvalue weighted by atomic mass is 32.1. The zero-order valence-electron chi connectivity index (χ0n) is 16.1. The van der Waals surface area contributed by atoms with E-state index in [-0.39, 0.29) is 12.0 Å². The Balaban J connectivity index is 1.56. The third-order valence-electron chi connectivity index (χ3n) is 4.90. The molecule has 6 nitrogen and oxygen atoms in total. The van der Waals surface area contributed by atoms with Crippen LogP contribution in [0.5, 0.6) is 5.75 Å². The number of aryl methyl sites for hydroxylation is 2. The van der Waals surface area contributed by atoms with Crippen molar-refractivity contribution in [2.45, 2.75) is 38.8 Å². The number of amides is 1. The Morgan fingerprint density at radius 3 is 3.00 bits per heavy atom. The summed E-state index contributed by atoms with van der Waals surface area (Å²) < 4.78 is 39.6. The van der Waals surface area contributed by atoms with Crippen molar-refractivity contribution in [3.63, 3.8) is 0 Å². The Hall–Kier alpha value is -2.52. The van der Waals surface area contributed by atoms with Gasteiger partial charge in [0.25, 0.3) is 11.8 Å². The Bertz CT molecular complexity index is 1050. The minimum absolute atomic E-state index is 0.163. The van der Waals surface area contributed by atoms with E-state index in [1.54, 1.807) is 42.7 Å². The zero-order valence-corrected chi connectivity index (χ0v) is 16.9. The number of rotatable bonds is 5. The molecule has 0 spiro atoms. The van der Waals surface area contributed by atoms with Crippen molar-refractivity contribution in [3.8, 4) is 5.75 Å². The number of aromatic nitrogens is 1. The van der Waals surface area contributed by atoms with Gasteiger partial charge in [0.2, 0.25) is 0 Å². The standard InChI is InChI=1S/C20H21F2N3O3S/c1-11-18(19(26)25-17-5-6-23-10-20(17,21)22)15-7-13(3-4-16(15)28-11)27-9-14-8-24-12(2)29-14/h3-4,7-8,17,23H,5-6,9-10H2,1-2H3,(H,25,26). The second-order valence-electron chi connectivity index (χ2n) is 7.08. The molecule has 2 N–H and O–H groups in total. The molecule has 3 aromatic rings. The topological polar surface area (TPSA) is 76.4 Å². The number of thiazole rings is 1. The van der Waals surface area contributed by atoms with E-state index < -0.39 is 24.4 Å². The molecule has 0 aliphatic carbocycles. The van der Waals surface area contributed by atoms with Crippen LogP contribution in [0.3, 0.4) is 0 Å². The summed E-state index contributed by atoms with van der Waals surface area (Å²) >= 11 is 1.55. The molecular formula is C20H21F2N3O3S. The smallest absolute Gasteiger partial charge is 0.280 e. The summed E-state index contributed by atoms with van der Waals surface area (Å²) in [5.41, 5.74) is 0.763. The zero-order chi connectivity index (χ0) is 20.6. The van der Waals surface area contributed by atoms with E-state index in [1.165, 1.54) is 0 Å². The number of halogens is 2. The summed E-state index contributed by atoms with van der Waals surface area (Å²) in [5, 5.41) is 6.63. The number of hydrogen-bond donors (Lipinski definition) is 2. The number of alkyl halides is 2. The van der Waals surface area contributed by atoms with Gasteiger partial charge in [0.05, 0.1) is 28.0 Å². The molecule has 154 valence electrons. The summed E-state index contributed by atoms with van der Waals surface area (Å²) in [5.74, 6) is -2.62. The Labute approximate surface area is 170 Å². The molecule has 2 aromatic heterocycles. The van der Waals surface area contributed by atoms with Crippen molar-refractivity contribution in [3.05, 3.63) is 45.6 Å². The van der Waals surface area contributed by atoms with E-state index in [0.717, 1.165) is 9.88 Å². The number of furan rings is 1. The fraction of sp³-hybridized carbons (Fsp3) is 0.400. The van der Waals surface area contributed by atoms with Gasteiger partial charge in [-0.3, -0.25) is 4.79 Å². The lowest BCUT2D eigenvalue weighted by Crippen LogP contribution is -2.57. The summed E-state index contributed by atoms with van der Waals surface area (Å²) in [6.45, 7) is 3.91. The van der Waals surface area contributed by atoms with Crippen LogP contribution in [-0.2, 0) is 6.61 Å². The van der Waals surface area contributed by atoms with Gasteiger partial charge in [-0.05, 0) is 45.0 Å². The van der Waals surface area contributed by atoms with Crippen LogP contribution in [0, 0.1) is 13.8 Å². The van der Waals surface area contributed by atoms with E-state index in [2.05, 4.69) is 15.6 Å². The van der Waals surface area contributed by atoms with Crippen molar-refractivity contribution in [2.24, 2.45) is 0 Å². The molecule has 0 radical (unpaired) electrons. The first-order valence-corrected chi connectivity index (χ1v) is 10.1. The quantitative estimate of drug-likeness (QED) is 0.655. The van der Waals surface area contributed by atoms with Gasteiger partial charge in [0.15, 0.2) is 0 Å². The van der Waals surface area contributed by atoms with Gasteiger partial charge < -0.3 is 19.8 Å². The van der Waals surface area contributed by atoms with Crippen LogP contribution in [0.4, 0.5) is 8.78 Å². The summed E-state index contributed by atoms with van der Waals surface area (Å²) in [4.78, 5) is 18.0. The highest BCUT2D eigenvalue weighted by molar-refractivity contribution is 7.11. The van der Waals surface area contributed by atoms with E-state index in [4.69, 9.17) is 9.15 Å². The van der Waals surface area contributed by atoms with Crippen LogP contribution >= 0.6 is 11.3 Å². The molecular weight excluding hydrogens is 400 g/mol. The number of nitrogens with zero attached hydrogens (tertiary/aromatic N) is 1. The van der Waals surface area contributed by atoms with Crippen LogP contribution < -0.4 is 15.4 Å². The summed E-state index contributed by atoms with van der Waals surface area (Å²) in [6, 6.07) is 3.96. The number of piperidine rings is 1. The second kappa shape index (κ2) is 7.72. The Kier molecular flexibility index (Phi) is 5.26. The van der Waals surface area contributed by atoms with Crippen molar-refractivity contribution < 1.29 is 22.7 Å². The molecule has 1 aliphatic rings. The van der Waals surface area contributed by atoms with Gasteiger partial charge >= 0.3 is 0 Å². The minimum atomic E-state index is -3.00. The highest BCUT2D eigenvalue weighted by Crippen LogP contribution is 2.31. The van der Waals surface area contributed by atoms with E-state index >= 15 is 0 Å². The van der Waals surface area contributed by atoms with E-state index in [1.807, 2.05) is 6.92 Å². The van der Waals surface area contributed by atoms with Gasteiger partial charge in [-0.25, -0.2) is 13.8 Å². The molecule has 1 unspecified atom stereocenters. The summed E-state index contributed by atoms with van der Waals surface area (Å²) in [6.07, 6.45) is 1.93. The lowest BCUT2D eigenvalue weighted by Gasteiger charge is -2.32. The maximum atomic E-state index is 14.1. The molecule has 0 bridgehead atoms. The number of fused-ring (bicyclic) bond motifs is 1. The number of carbonyl (C=O) groups excluding carboxylic acids is 1. The molecule has 1 aliphatic heterocycles. The fourth-order valence-corrected chi connectivity index (χ4v) is 4.15. The first kappa shape index (κ1) is 19.8. The molecule has 4 rings (SSSR count). The van der Waals surface area contributed by atoms with Gasteiger partial charge in [-0.1, -0.05) is 0 Å². The lowest BCUT2D eigenvalue weighted by molar-refractivity contribution is -0.0487. The minimum Gasteiger partial charge on any atom is -0.488 e. The molecule has 1 fully saturated rings. The van der Waals surface area contributed by atoms with Gasteiger partial charge in [0, 0.05) is 11.6 Å². The number of ether oxygens (including phenoxy) is 1. The van der Waals surface area contributed by atoms with Crippen LogP contribution in [0.15, 0.2) is 28.8 Å². The largest absolute Gasteiger partial charge is 0.488 e. The fourth-order valence-electron chi connectivity index (χ4n) is 3.44. The van der Waals surface area contributed by atoms with Crippen LogP contribution in [0.2, 0.25) is 0 Å². The van der Waals surface area contributed by atoms with E-state index in [9.17, 15) is 13.6 Å². The average Bonchev–Trinajstić information content (AvgIpc) is 3.23. The van der Waals surface area contributed by atoms with E-state index in [0.29, 0.717) is 35.6 Å². The molecule has 1 amide bonds. The van der Waals surface area contributed by atoms with Crippen LogP contribution in [0.25, 0.3) is 11.0 Å². The highest BCUT2D eigenvalue weighted by Gasteiger charge is 2.42. The van der Waals surface area contributed by atoms with Crippen molar-refractivity contribution >= 4 is 28.2 Å². The van der Waals surface area contributed by atoms with Crippen LogP contribution in [-0.4, -0.2) is 35.9 Å². The molecule has 9 heteroatoms. The monoisotopic (exact) mass is 421 g/mol. The number of benzene rings is 1. The van der Waals surface area contributed by atoms with Crippen molar-refractivity contribution in [1.82, 2.24) is 15.6 Å². The molecule has 1 saturated heterocycles. The Morgan fingerprint density at radius 2 is 2.28 bits per heavy atom. The number of hydrogen-bond acceptors (Lipinski definition) is 6. The molecule has 0 saturated carbocycles.